The van der Waals surface area contributed by atoms with Crippen molar-refractivity contribution in [1.82, 2.24) is 0 Å². The Morgan fingerprint density at radius 1 is 1.53 bits per heavy atom. The van der Waals surface area contributed by atoms with E-state index in [0.29, 0.717) is 18.6 Å². The number of hydrogen-bond donors (Lipinski definition) is 1. The third-order valence-electron chi connectivity index (χ3n) is 2.31. The van der Waals surface area contributed by atoms with Crippen molar-refractivity contribution in [2.75, 3.05) is 11.9 Å². The average molecular weight is 232 g/mol. The smallest absolute Gasteiger partial charge is 0.328 e. The van der Waals surface area contributed by atoms with Gasteiger partial charge in [0.15, 0.2) is 0 Å². The molecule has 0 saturated heterocycles. The Bertz CT molecular complexity index is 424. The predicted molar refractivity (Wildman–Crippen MR) is 65.5 cm³/mol. The number of carbonyl (C=O) groups is 1. The summed E-state index contributed by atoms with van der Waals surface area (Å²) < 4.78 is 4.96. The van der Waals surface area contributed by atoms with Crippen molar-refractivity contribution < 1.29 is 9.53 Å². The Morgan fingerprint density at radius 3 is 2.88 bits per heavy atom. The molecule has 17 heavy (non-hydrogen) atoms. The molecule has 0 aliphatic carbocycles. The van der Waals surface area contributed by atoms with Gasteiger partial charge in [-0.1, -0.05) is 13.0 Å². The van der Waals surface area contributed by atoms with Crippen molar-refractivity contribution in [3.8, 4) is 6.07 Å². The zero-order chi connectivity index (χ0) is 12.7. The molecular weight excluding hydrogens is 216 g/mol. The maximum absolute atomic E-state index is 11.6. The van der Waals surface area contributed by atoms with Crippen LogP contribution < -0.4 is 5.32 Å². The van der Waals surface area contributed by atoms with Crippen LogP contribution in [0.25, 0.3) is 0 Å². The highest BCUT2D eigenvalue weighted by atomic mass is 16.5. The first-order valence-corrected chi connectivity index (χ1v) is 5.64. The average Bonchev–Trinajstić information content (AvgIpc) is 2.36. The summed E-state index contributed by atoms with van der Waals surface area (Å²) in [6, 6.07) is 8.71. The van der Waals surface area contributed by atoms with E-state index >= 15 is 0 Å². The third-order valence-corrected chi connectivity index (χ3v) is 2.31. The lowest BCUT2D eigenvalue weighted by atomic mass is 10.1. The molecule has 0 spiro atoms. The molecule has 0 radical (unpaired) electrons. The second kappa shape index (κ2) is 6.54. The van der Waals surface area contributed by atoms with Crippen LogP contribution in [-0.2, 0) is 9.53 Å². The van der Waals surface area contributed by atoms with Crippen LogP contribution in [0.2, 0.25) is 0 Å². The van der Waals surface area contributed by atoms with Gasteiger partial charge in [-0.15, -0.1) is 0 Å². The molecule has 90 valence electrons. The molecule has 1 rings (SSSR count). The number of benzene rings is 1. The van der Waals surface area contributed by atoms with Gasteiger partial charge in [0, 0.05) is 5.69 Å². The first kappa shape index (κ1) is 13.0. The van der Waals surface area contributed by atoms with Crippen LogP contribution in [0.1, 0.15) is 25.8 Å². The van der Waals surface area contributed by atoms with E-state index in [2.05, 4.69) is 11.4 Å². The highest BCUT2D eigenvalue weighted by Crippen LogP contribution is 2.12. The molecule has 0 amide bonds. The highest BCUT2D eigenvalue weighted by molar-refractivity contribution is 5.79. The fourth-order valence-corrected chi connectivity index (χ4v) is 1.45. The van der Waals surface area contributed by atoms with Crippen molar-refractivity contribution >= 4 is 11.7 Å². The molecule has 0 aliphatic heterocycles. The van der Waals surface area contributed by atoms with Crippen LogP contribution in [0.3, 0.4) is 0 Å². The minimum Gasteiger partial charge on any atom is -0.464 e. The Hall–Kier alpha value is -2.02. The fraction of sp³-hybridized carbons (Fsp3) is 0.385. The molecule has 1 aromatic carbocycles. The van der Waals surface area contributed by atoms with Gasteiger partial charge < -0.3 is 10.1 Å². The van der Waals surface area contributed by atoms with E-state index in [1.54, 1.807) is 25.1 Å². The van der Waals surface area contributed by atoms with Crippen molar-refractivity contribution in [2.24, 2.45) is 0 Å². The summed E-state index contributed by atoms with van der Waals surface area (Å²) in [6.45, 7) is 4.05. The molecule has 1 atom stereocenters. The first-order valence-electron chi connectivity index (χ1n) is 5.64. The minimum absolute atomic E-state index is 0.266. The summed E-state index contributed by atoms with van der Waals surface area (Å²) in [4.78, 5) is 11.6. The summed E-state index contributed by atoms with van der Waals surface area (Å²) in [7, 11) is 0. The summed E-state index contributed by atoms with van der Waals surface area (Å²) in [6.07, 6.45) is 0.635. The molecule has 1 unspecified atom stereocenters. The van der Waals surface area contributed by atoms with Gasteiger partial charge in [-0.25, -0.2) is 4.79 Å². The van der Waals surface area contributed by atoms with Crippen molar-refractivity contribution in [3.63, 3.8) is 0 Å². The molecule has 4 heteroatoms. The van der Waals surface area contributed by atoms with E-state index in [4.69, 9.17) is 10.00 Å². The zero-order valence-corrected chi connectivity index (χ0v) is 10.1. The lowest BCUT2D eigenvalue weighted by molar-refractivity contribution is -0.144. The van der Waals surface area contributed by atoms with Gasteiger partial charge in [-0.05, 0) is 31.5 Å². The van der Waals surface area contributed by atoms with Crippen LogP contribution in [0.4, 0.5) is 5.69 Å². The number of carbonyl (C=O) groups excluding carboxylic acids is 1. The largest absolute Gasteiger partial charge is 0.464 e. The van der Waals surface area contributed by atoms with Crippen LogP contribution >= 0.6 is 0 Å². The Balaban J connectivity index is 2.73. The van der Waals surface area contributed by atoms with Gasteiger partial charge in [-0.2, -0.15) is 5.26 Å². The summed E-state index contributed by atoms with van der Waals surface area (Å²) >= 11 is 0. The fourth-order valence-electron chi connectivity index (χ4n) is 1.45. The molecule has 0 bridgehead atoms. The maximum atomic E-state index is 11.6. The number of rotatable bonds is 5. The monoisotopic (exact) mass is 232 g/mol. The van der Waals surface area contributed by atoms with Crippen LogP contribution in [0.15, 0.2) is 24.3 Å². The Labute approximate surface area is 101 Å². The van der Waals surface area contributed by atoms with Crippen molar-refractivity contribution in [1.29, 1.82) is 5.26 Å². The maximum Gasteiger partial charge on any atom is 0.328 e. The topological polar surface area (TPSA) is 62.1 Å². The van der Waals surface area contributed by atoms with Crippen LogP contribution in [-0.4, -0.2) is 18.6 Å². The minimum atomic E-state index is -0.371. The van der Waals surface area contributed by atoms with E-state index in [1.807, 2.05) is 13.0 Å². The number of nitrogens with zero attached hydrogens (tertiary/aromatic N) is 1. The normalized spacial score (nSPS) is 11.4. The number of ether oxygens (including phenoxy) is 1. The molecule has 1 aromatic rings. The zero-order valence-electron chi connectivity index (χ0n) is 10.1. The van der Waals surface area contributed by atoms with Crippen molar-refractivity contribution in [2.45, 2.75) is 26.3 Å². The molecule has 0 fully saturated rings. The van der Waals surface area contributed by atoms with E-state index in [0.717, 1.165) is 5.69 Å². The lowest BCUT2D eigenvalue weighted by Gasteiger charge is -2.16. The molecular formula is C13H16N2O2. The van der Waals surface area contributed by atoms with E-state index in [9.17, 15) is 4.79 Å². The number of esters is 1. The number of hydrogen-bond acceptors (Lipinski definition) is 4. The van der Waals surface area contributed by atoms with Gasteiger partial charge >= 0.3 is 5.97 Å². The standard InChI is InChI=1S/C13H16N2O2/c1-3-12(13(16)17-4-2)15-11-7-5-6-10(8-11)9-14/h5-8,12,15H,3-4H2,1-2H3. The van der Waals surface area contributed by atoms with Crippen molar-refractivity contribution in [3.05, 3.63) is 29.8 Å². The molecule has 1 N–H and O–H groups in total. The summed E-state index contributed by atoms with van der Waals surface area (Å²) in [5.41, 5.74) is 1.32. The molecule has 0 heterocycles. The first-order chi connectivity index (χ1) is 8.21. The highest BCUT2D eigenvalue weighted by Gasteiger charge is 2.17. The molecule has 0 aromatic heterocycles. The van der Waals surface area contributed by atoms with E-state index in [-0.39, 0.29) is 12.0 Å². The van der Waals surface area contributed by atoms with Gasteiger partial charge in [0.25, 0.3) is 0 Å². The van der Waals surface area contributed by atoms with Crippen LogP contribution in [0, 0.1) is 11.3 Å². The third kappa shape index (κ3) is 3.80. The second-order valence-electron chi connectivity index (χ2n) is 3.55. The quantitative estimate of drug-likeness (QED) is 0.791. The molecule has 0 aliphatic rings. The Morgan fingerprint density at radius 2 is 2.29 bits per heavy atom. The number of nitrogens with one attached hydrogen (secondary N) is 1. The SMILES string of the molecule is CCOC(=O)C(CC)Nc1cccc(C#N)c1. The van der Waals surface area contributed by atoms with E-state index < -0.39 is 0 Å². The lowest BCUT2D eigenvalue weighted by Crippen LogP contribution is -2.30. The van der Waals surface area contributed by atoms with Crippen LogP contribution in [0.5, 0.6) is 0 Å². The second-order valence-corrected chi connectivity index (χ2v) is 3.55. The van der Waals surface area contributed by atoms with Gasteiger partial charge in [0.1, 0.15) is 6.04 Å². The van der Waals surface area contributed by atoms with Gasteiger partial charge in [-0.3, -0.25) is 0 Å². The molecule has 4 nitrogen and oxygen atoms in total. The van der Waals surface area contributed by atoms with Gasteiger partial charge in [0.05, 0.1) is 18.2 Å². The summed E-state index contributed by atoms with van der Waals surface area (Å²) in [5.74, 6) is -0.266. The summed E-state index contributed by atoms with van der Waals surface area (Å²) in [5, 5.41) is 11.8. The van der Waals surface area contributed by atoms with Gasteiger partial charge in [0.2, 0.25) is 0 Å². The predicted octanol–water partition coefficient (Wildman–Crippen LogP) is 2.31. The Kier molecular flexibility index (Phi) is 5.02. The number of nitriles is 1. The number of anilines is 1. The van der Waals surface area contributed by atoms with E-state index in [1.165, 1.54) is 0 Å². The molecule has 0 saturated carbocycles.